The Morgan fingerprint density at radius 3 is 2.60 bits per heavy atom. The van der Waals surface area contributed by atoms with Gasteiger partial charge in [0.15, 0.2) is 0 Å². The average Bonchev–Trinajstić information content (AvgIpc) is 3.00. The van der Waals surface area contributed by atoms with Crippen LogP contribution in [0.15, 0.2) is 54.6 Å². The maximum absolute atomic E-state index is 13.4. The molecule has 0 bridgehead atoms. The Kier molecular flexibility index (Phi) is 4.09. The first kappa shape index (κ1) is 16.0. The van der Waals surface area contributed by atoms with Crippen LogP contribution in [-0.4, -0.2) is 41.1 Å². The summed E-state index contributed by atoms with van der Waals surface area (Å²) in [6, 6.07) is 17.5. The minimum absolute atomic E-state index is 0.0844. The van der Waals surface area contributed by atoms with Crippen LogP contribution in [0.3, 0.4) is 0 Å². The second kappa shape index (κ2) is 6.41. The number of likely N-dealkylation sites (N-methyl/N-ethyl adjacent to an activating group) is 1. The van der Waals surface area contributed by atoms with E-state index in [0.717, 1.165) is 23.1 Å². The highest BCUT2D eigenvalue weighted by molar-refractivity contribution is 6.17. The van der Waals surface area contributed by atoms with Crippen molar-refractivity contribution in [1.29, 1.82) is 0 Å². The number of carbonyl (C=O) groups is 1. The molecule has 0 spiro atoms. The van der Waals surface area contributed by atoms with E-state index in [4.69, 9.17) is 16.6 Å². The number of benzene rings is 2. The molecular formula is C19H19ClN4O. The van der Waals surface area contributed by atoms with E-state index in [0.29, 0.717) is 18.4 Å². The van der Waals surface area contributed by atoms with Gasteiger partial charge in [-0.15, -0.1) is 11.6 Å². The lowest BCUT2D eigenvalue weighted by atomic mass is 10.2. The lowest BCUT2D eigenvalue weighted by molar-refractivity contribution is 0.249. The van der Waals surface area contributed by atoms with Crippen molar-refractivity contribution in [3.63, 3.8) is 0 Å². The summed E-state index contributed by atoms with van der Waals surface area (Å²) < 4.78 is 1.70. The molecule has 1 amide bonds. The lowest BCUT2D eigenvalue weighted by Gasteiger charge is -2.28. The zero-order valence-electron chi connectivity index (χ0n) is 14.0. The fourth-order valence-corrected chi connectivity index (χ4v) is 3.62. The number of hydrogen-bond donors (Lipinski definition) is 0. The highest BCUT2D eigenvalue weighted by Crippen LogP contribution is 2.30. The number of hydrogen-bond acceptors (Lipinski definition) is 3. The van der Waals surface area contributed by atoms with Crippen LogP contribution in [0.25, 0.3) is 11.0 Å². The Bertz CT molecular complexity index is 908. The molecule has 128 valence electrons. The lowest BCUT2D eigenvalue weighted by Crippen LogP contribution is -2.42. The van der Waals surface area contributed by atoms with E-state index in [1.165, 1.54) is 0 Å². The number of imidazole rings is 1. The molecule has 1 atom stereocenters. The predicted molar refractivity (Wildman–Crippen MR) is 102 cm³/mol. The van der Waals surface area contributed by atoms with Crippen LogP contribution in [-0.2, 0) is 0 Å². The maximum Gasteiger partial charge on any atom is 0.336 e. The van der Waals surface area contributed by atoms with Crippen molar-refractivity contribution in [3.8, 4) is 0 Å². The molecule has 25 heavy (non-hydrogen) atoms. The van der Waals surface area contributed by atoms with E-state index >= 15 is 0 Å². The van der Waals surface area contributed by atoms with Crippen molar-refractivity contribution in [3.05, 3.63) is 54.6 Å². The van der Waals surface area contributed by atoms with Crippen LogP contribution in [0.2, 0.25) is 0 Å². The van der Waals surface area contributed by atoms with E-state index in [9.17, 15) is 4.79 Å². The fourth-order valence-electron chi connectivity index (χ4n) is 3.37. The number of nitrogens with zero attached hydrogens (tertiary/aromatic N) is 4. The van der Waals surface area contributed by atoms with Crippen molar-refractivity contribution < 1.29 is 4.79 Å². The molecule has 6 heteroatoms. The number of carbonyl (C=O) groups excluding carboxylic acids is 1. The van der Waals surface area contributed by atoms with Crippen molar-refractivity contribution in [2.45, 2.75) is 12.5 Å². The van der Waals surface area contributed by atoms with Crippen molar-refractivity contribution >= 4 is 40.3 Å². The van der Waals surface area contributed by atoms with Gasteiger partial charge in [0.25, 0.3) is 0 Å². The van der Waals surface area contributed by atoms with Gasteiger partial charge in [-0.05, 0) is 30.7 Å². The number of para-hydroxylation sites is 3. The molecule has 0 N–H and O–H groups in total. The number of amides is 1. The number of alkyl halides is 1. The summed E-state index contributed by atoms with van der Waals surface area (Å²) in [6.45, 7) is 0.573. The number of rotatable bonds is 3. The number of anilines is 2. The van der Waals surface area contributed by atoms with Gasteiger partial charge in [0.2, 0.25) is 5.95 Å². The van der Waals surface area contributed by atoms with E-state index < -0.39 is 0 Å². The van der Waals surface area contributed by atoms with Crippen LogP contribution < -0.4 is 9.80 Å². The van der Waals surface area contributed by atoms with Gasteiger partial charge >= 0.3 is 6.03 Å². The Morgan fingerprint density at radius 2 is 1.84 bits per heavy atom. The summed E-state index contributed by atoms with van der Waals surface area (Å²) in [5.41, 5.74) is 2.52. The number of fused-ring (bicyclic) bond motifs is 3. The van der Waals surface area contributed by atoms with Gasteiger partial charge in [-0.1, -0.05) is 30.3 Å². The standard InChI is InChI=1S/C19H19ClN4O/c1-22-15(11-12-20)13-23(14-7-3-2-4-8-14)19(25)24-17-10-6-5-9-16(17)21-18(22)24/h2-10,15H,11-13H2,1H3. The number of halogens is 1. The maximum atomic E-state index is 13.4. The van der Waals surface area contributed by atoms with Crippen LogP contribution in [0.5, 0.6) is 0 Å². The van der Waals surface area contributed by atoms with Gasteiger partial charge in [-0.3, -0.25) is 4.90 Å². The SMILES string of the molecule is CN1c2nc3ccccc3n2C(=O)N(c2ccccc2)CC1CCCl. The van der Waals surface area contributed by atoms with Gasteiger partial charge in [0.05, 0.1) is 17.1 Å². The molecule has 1 aliphatic heterocycles. The van der Waals surface area contributed by atoms with E-state index in [-0.39, 0.29) is 12.1 Å². The average molecular weight is 355 g/mol. The Labute approximate surface area is 151 Å². The zero-order valence-corrected chi connectivity index (χ0v) is 14.7. The summed E-state index contributed by atoms with van der Waals surface area (Å²) in [4.78, 5) is 22.0. The van der Waals surface area contributed by atoms with Crippen LogP contribution in [0, 0.1) is 0 Å². The molecule has 0 radical (unpaired) electrons. The first-order valence-electron chi connectivity index (χ1n) is 8.34. The molecule has 0 saturated heterocycles. The molecule has 1 aliphatic rings. The number of aromatic nitrogens is 2. The summed E-state index contributed by atoms with van der Waals surface area (Å²) in [7, 11) is 1.98. The summed E-state index contributed by atoms with van der Waals surface area (Å²) in [5.74, 6) is 1.20. The molecule has 1 aromatic heterocycles. The highest BCUT2D eigenvalue weighted by Gasteiger charge is 2.33. The molecule has 2 aromatic carbocycles. The quantitative estimate of drug-likeness (QED) is 0.668. The zero-order chi connectivity index (χ0) is 17.4. The minimum atomic E-state index is -0.0844. The first-order valence-corrected chi connectivity index (χ1v) is 8.87. The molecule has 5 nitrogen and oxygen atoms in total. The molecule has 2 heterocycles. The van der Waals surface area contributed by atoms with Crippen LogP contribution >= 0.6 is 11.6 Å². The van der Waals surface area contributed by atoms with Crippen molar-refractivity contribution in [2.75, 3.05) is 29.3 Å². The van der Waals surface area contributed by atoms with Gasteiger partial charge < -0.3 is 4.90 Å². The Balaban J connectivity index is 1.91. The van der Waals surface area contributed by atoms with E-state index in [1.807, 2.05) is 66.5 Å². The largest absolute Gasteiger partial charge is 0.340 e. The second-order valence-electron chi connectivity index (χ2n) is 6.21. The highest BCUT2D eigenvalue weighted by atomic mass is 35.5. The molecule has 0 saturated carbocycles. The third kappa shape index (κ3) is 2.65. The third-order valence-corrected chi connectivity index (χ3v) is 4.95. The molecule has 3 aromatic rings. The van der Waals surface area contributed by atoms with E-state index in [1.54, 1.807) is 4.57 Å². The Hall–Kier alpha value is -2.53. The predicted octanol–water partition coefficient (Wildman–Crippen LogP) is 3.96. The van der Waals surface area contributed by atoms with Gasteiger partial charge in [0, 0.05) is 25.2 Å². The van der Waals surface area contributed by atoms with Gasteiger partial charge in [0.1, 0.15) is 0 Å². The second-order valence-corrected chi connectivity index (χ2v) is 6.59. The topological polar surface area (TPSA) is 41.4 Å². The first-order chi connectivity index (χ1) is 12.2. The van der Waals surface area contributed by atoms with Crippen molar-refractivity contribution in [1.82, 2.24) is 9.55 Å². The minimum Gasteiger partial charge on any atom is -0.340 e. The normalized spacial score (nSPS) is 17.7. The molecular weight excluding hydrogens is 336 g/mol. The molecule has 4 rings (SSSR count). The van der Waals surface area contributed by atoms with Gasteiger partial charge in [-0.25, -0.2) is 14.3 Å². The summed E-state index contributed by atoms with van der Waals surface area (Å²) in [6.07, 6.45) is 0.776. The smallest absolute Gasteiger partial charge is 0.336 e. The van der Waals surface area contributed by atoms with Crippen LogP contribution in [0.4, 0.5) is 16.4 Å². The monoisotopic (exact) mass is 354 g/mol. The summed E-state index contributed by atoms with van der Waals surface area (Å²) >= 11 is 6.03. The van der Waals surface area contributed by atoms with E-state index in [2.05, 4.69) is 4.90 Å². The van der Waals surface area contributed by atoms with Gasteiger partial charge in [-0.2, -0.15) is 0 Å². The van der Waals surface area contributed by atoms with Crippen LogP contribution in [0.1, 0.15) is 6.42 Å². The molecule has 0 aliphatic carbocycles. The van der Waals surface area contributed by atoms with Crippen molar-refractivity contribution in [2.24, 2.45) is 0 Å². The Morgan fingerprint density at radius 1 is 1.12 bits per heavy atom. The summed E-state index contributed by atoms with van der Waals surface area (Å²) in [5, 5.41) is 0. The fraction of sp³-hybridized carbons (Fsp3) is 0.263. The molecule has 1 unspecified atom stereocenters. The third-order valence-electron chi connectivity index (χ3n) is 4.73. The molecule has 0 fully saturated rings.